The van der Waals surface area contributed by atoms with Crippen molar-refractivity contribution in [3.8, 4) is 0 Å². The number of amides is 1. The minimum absolute atomic E-state index is 0.0537. The summed E-state index contributed by atoms with van der Waals surface area (Å²) in [5.74, 6) is 0.124. The first-order valence-electron chi connectivity index (χ1n) is 8.08. The lowest BCUT2D eigenvalue weighted by molar-refractivity contribution is -0.140. The zero-order valence-corrected chi connectivity index (χ0v) is 13.9. The minimum Gasteiger partial charge on any atom is -0.380 e. The van der Waals surface area contributed by atoms with E-state index < -0.39 is 0 Å². The maximum atomic E-state index is 12.2. The third kappa shape index (κ3) is 3.16. The summed E-state index contributed by atoms with van der Waals surface area (Å²) in [5, 5.41) is 0. The Morgan fingerprint density at radius 1 is 1.36 bits per heavy atom. The number of halogens is 1. The van der Waals surface area contributed by atoms with Crippen molar-refractivity contribution in [1.82, 2.24) is 4.90 Å². The fourth-order valence-corrected chi connectivity index (χ4v) is 4.08. The fraction of sp³-hybridized carbons (Fsp3) is 0.611. The van der Waals surface area contributed by atoms with Gasteiger partial charge in [0, 0.05) is 19.7 Å². The van der Waals surface area contributed by atoms with Gasteiger partial charge in [-0.2, -0.15) is 0 Å². The van der Waals surface area contributed by atoms with Crippen molar-refractivity contribution < 1.29 is 9.53 Å². The van der Waals surface area contributed by atoms with Gasteiger partial charge in [-0.15, -0.1) is 11.6 Å². The third-order valence-corrected chi connectivity index (χ3v) is 5.51. The summed E-state index contributed by atoms with van der Waals surface area (Å²) in [6.07, 6.45) is 6.36. The van der Waals surface area contributed by atoms with E-state index in [4.69, 9.17) is 16.3 Å². The molecule has 0 aliphatic heterocycles. The highest BCUT2D eigenvalue weighted by atomic mass is 35.5. The maximum Gasteiger partial charge on any atom is 0.238 e. The summed E-state index contributed by atoms with van der Waals surface area (Å²) in [5.41, 5.74) is 2.86. The zero-order chi connectivity index (χ0) is 15.6. The highest BCUT2D eigenvalue weighted by Gasteiger charge is 2.50. The average molecular weight is 322 g/mol. The van der Waals surface area contributed by atoms with E-state index >= 15 is 0 Å². The molecule has 0 heterocycles. The summed E-state index contributed by atoms with van der Waals surface area (Å²) in [7, 11) is 1.70. The largest absolute Gasteiger partial charge is 0.380 e. The van der Waals surface area contributed by atoms with E-state index in [0.717, 1.165) is 24.0 Å². The molecule has 0 aromatic heterocycles. The number of carbonyl (C=O) groups excluding carboxylic acids is 1. The molecule has 0 atom stereocenters. The van der Waals surface area contributed by atoms with Gasteiger partial charge in [0.1, 0.15) is 5.88 Å². The van der Waals surface area contributed by atoms with Crippen molar-refractivity contribution in [3.63, 3.8) is 0 Å². The number of methoxy groups -OCH3 is 1. The van der Waals surface area contributed by atoms with Crippen LogP contribution in [0.4, 0.5) is 0 Å². The molecule has 1 aromatic rings. The Morgan fingerprint density at radius 3 is 2.68 bits per heavy atom. The van der Waals surface area contributed by atoms with Crippen molar-refractivity contribution >= 4 is 17.5 Å². The molecule has 2 aliphatic carbocycles. The number of alkyl halides is 1. The first-order valence-corrected chi connectivity index (χ1v) is 8.61. The quantitative estimate of drug-likeness (QED) is 0.747. The molecule has 120 valence electrons. The Bertz CT molecular complexity index is 534. The standard InChI is InChI=1S/C18H24ClNO2/c1-22-13-15-5-2-4-14(8-15)12-20(17(21)11-19)16-9-18(10-16)6-3-7-18/h2,4-5,8,16H,3,6-7,9-13H2,1H3. The molecule has 2 fully saturated rings. The van der Waals surface area contributed by atoms with Crippen LogP contribution in [0, 0.1) is 5.41 Å². The molecule has 3 rings (SSSR count). The van der Waals surface area contributed by atoms with E-state index in [1.807, 2.05) is 17.0 Å². The molecule has 2 aliphatic rings. The van der Waals surface area contributed by atoms with E-state index in [1.165, 1.54) is 19.3 Å². The normalized spacial score (nSPS) is 19.5. The smallest absolute Gasteiger partial charge is 0.238 e. The Kier molecular flexibility index (Phi) is 4.74. The second kappa shape index (κ2) is 6.59. The maximum absolute atomic E-state index is 12.2. The first kappa shape index (κ1) is 15.8. The van der Waals surface area contributed by atoms with Crippen molar-refractivity contribution in [2.75, 3.05) is 13.0 Å². The SMILES string of the molecule is COCc1cccc(CN(C(=O)CCl)C2CC3(CCC3)C2)c1. The van der Waals surface area contributed by atoms with Crippen LogP contribution in [0.15, 0.2) is 24.3 Å². The number of ether oxygens (including phenoxy) is 1. The van der Waals surface area contributed by atoms with Gasteiger partial charge >= 0.3 is 0 Å². The summed E-state index contributed by atoms with van der Waals surface area (Å²) >= 11 is 5.83. The van der Waals surface area contributed by atoms with Gasteiger partial charge in [0.25, 0.3) is 0 Å². The summed E-state index contributed by atoms with van der Waals surface area (Å²) in [6, 6.07) is 8.65. The van der Waals surface area contributed by atoms with Crippen LogP contribution in [0.2, 0.25) is 0 Å². The number of nitrogens with zero attached hydrogens (tertiary/aromatic N) is 1. The van der Waals surface area contributed by atoms with Crippen LogP contribution < -0.4 is 0 Å². The predicted molar refractivity (Wildman–Crippen MR) is 87.7 cm³/mol. The Labute approximate surface area is 137 Å². The van der Waals surface area contributed by atoms with E-state index in [1.54, 1.807) is 7.11 Å². The van der Waals surface area contributed by atoms with Gasteiger partial charge in [-0.05, 0) is 42.2 Å². The highest BCUT2D eigenvalue weighted by Crippen LogP contribution is 2.57. The van der Waals surface area contributed by atoms with E-state index in [-0.39, 0.29) is 11.8 Å². The number of hydrogen-bond acceptors (Lipinski definition) is 2. The van der Waals surface area contributed by atoms with Crippen LogP contribution in [-0.2, 0) is 22.7 Å². The molecule has 1 amide bonds. The number of hydrogen-bond donors (Lipinski definition) is 0. The molecule has 1 spiro atoms. The molecule has 2 saturated carbocycles. The van der Waals surface area contributed by atoms with Crippen LogP contribution in [0.5, 0.6) is 0 Å². The Hall–Kier alpha value is -1.06. The van der Waals surface area contributed by atoms with Crippen molar-refractivity contribution in [3.05, 3.63) is 35.4 Å². The topological polar surface area (TPSA) is 29.5 Å². The molecular formula is C18H24ClNO2. The van der Waals surface area contributed by atoms with Gasteiger partial charge in [-0.1, -0.05) is 30.7 Å². The molecule has 0 unspecified atom stereocenters. The Balaban J connectivity index is 1.67. The van der Waals surface area contributed by atoms with E-state index in [2.05, 4.69) is 12.1 Å². The summed E-state index contributed by atoms with van der Waals surface area (Å²) in [4.78, 5) is 14.2. The summed E-state index contributed by atoms with van der Waals surface area (Å²) < 4.78 is 5.18. The zero-order valence-electron chi connectivity index (χ0n) is 13.2. The first-order chi connectivity index (χ1) is 10.7. The lowest BCUT2D eigenvalue weighted by Crippen LogP contribution is -2.55. The van der Waals surface area contributed by atoms with Gasteiger partial charge in [0.15, 0.2) is 0 Å². The van der Waals surface area contributed by atoms with Gasteiger partial charge < -0.3 is 9.64 Å². The predicted octanol–water partition coefficient (Wildman–Crippen LogP) is 3.73. The van der Waals surface area contributed by atoms with Crippen LogP contribution in [0.1, 0.15) is 43.2 Å². The number of benzene rings is 1. The summed E-state index contributed by atoms with van der Waals surface area (Å²) in [6.45, 7) is 1.26. The molecule has 4 heteroatoms. The number of carbonyl (C=O) groups is 1. The number of rotatable bonds is 6. The second-order valence-corrected chi connectivity index (χ2v) is 7.09. The lowest BCUT2D eigenvalue weighted by atomic mass is 9.54. The molecule has 0 saturated heterocycles. The lowest BCUT2D eigenvalue weighted by Gasteiger charge is -2.57. The Morgan fingerprint density at radius 2 is 2.09 bits per heavy atom. The average Bonchev–Trinajstić information content (AvgIpc) is 2.43. The third-order valence-electron chi connectivity index (χ3n) is 5.28. The van der Waals surface area contributed by atoms with Gasteiger partial charge in [-0.3, -0.25) is 4.79 Å². The van der Waals surface area contributed by atoms with Crippen molar-refractivity contribution in [2.24, 2.45) is 5.41 Å². The fourth-order valence-electron chi connectivity index (χ4n) is 3.92. The molecule has 0 N–H and O–H groups in total. The molecule has 0 bridgehead atoms. The van der Waals surface area contributed by atoms with Crippen LogP contribution in [-0.4, -0.2) is 29.8 Å². The molecular weight excluding hydrogens is 298 g/mol. The highest BCUT2D eigenvalue weighted by molar-refractivity contribution is 6.27. The van der Waals surface area contributed by atoms with Crippen LogP contribution in [0.25, 0.3) is 0 Å². The molecule has 3 nitrogen and oxygen atoms in total. The van der Waals surface area contributed by atoms with Gasteiger partial charge in [-0.25, -0.2) is 0 Å². The van der Waals surface area contributed by atoms with Crippen LogP contribution >= 0.6 is 11.6 Å². The van der Waals surface area contributed by atoms with Crippen molar-refractivity contribution in [1.29, 1.82) is 0 Å². The molecule has 1 aromatic carbocycles. The van der Waals surface area contributed by atoms with Gasteiger partial charge in [0.2, 0.25) is 5.91 Å². The minimum atomic E-state index is 0.0537. The van der Waals surface area contributed by atoms with Crippen molar-refractivity contribution in [2.45, 2.75) is 51.3 Å². The van der Waals surface area contributed by atoms with Crippen LogP contribution in [0.3, 0.4) is 0 Å². The second-order valence-electron chi connectivity index (χ2n) is 6.82. The molecule has 22 heavy (non-hydrogen) atoms. The molecule has 0 radical (unpaired) electrons. The van der Waals surface area contributed by atoms with E-state index in [0.29, 0.717) is 24.6 Å². The monoisotopic (exact) mass is 321 g/mol. The van der Waals surface area contributed by atoms with Gasteiger partial charge in [0.05, 0.1) is 6.61 Å². The van der Waals surface area contributed by atoms with E-state index in [9.17, 15) is 4.79 Å².